The van der Waals surface area contributed by atoms with E-state index < -0.39 is 192 Å². The first-order valence-electron chi connectivity index (χ1n) is 26.4. The number of allylic oxidation sites excluding steroid dienone is 4. The Bertz CT molecular complexity index is 4460. The minimum atomic E-state index is -6.02. The molecule has 9 aromatic rings. The Labute approximate surface area is 505 Å². The van der Waals surface area contributed by atoms with Gasteiger partial charge in [0, 0.05) is 22.3 Å². The highest BCUT2D eigenvalue weighted by molar-refractivity contribution is 7.48. The average Bonchev–Trinajstić information content (AvgIpc) is 1.69. The number of fused-ring (bicyclic) bond motifs is 7. The molecule has 0 aromatic heterocycles. The summed E-state index contributed by atoms with van der Waals surface area (Å²) in [7, 11) is -6.02. The van der Waals surface area contributed by atoms with Gasteiger partial charge in [0.25, 0.3) is 0 Å². The molecule has 484 valence electrons. The van der Waals surface area contributed by atoms with Crippen molar-refractivity contribution < 1.29 is 124 Å². The van der Waals surface area contributed by atoms with E-state index in [9.17, 15) is 115 Å². The van der Waals surface area contributed by atoms with Gasteiger partial charge in [0.05, 0.1) is 44.9 Å². The largest absolute Gasteiger partial charge is 0.584 e. The third kappa shape index (κ3) is 13.2. The first kappa shape index (κ1) is 65.6. The molecule has 11 rings (SSSR count). The third-order valence-electron chi connectivity index (χ3n) is 15.2. The van der Waals surface area contributed by atoms with Crippen molar-refractivity contribution in [1.29, 1.82) is 0 Å². The molecule has 1 N–H and O–H groups in total. The Morgan fingerprint density at radius 3 is 0.957 bits per heavy atom. The zero-order valence-corrected chi connectivity index (χ0v) is 46.5. The van der Waals surface area contributed by atoms with Crippen molar-refractivity contribution in [2.75, 3.05) is 0 Å². The molecule has 93 heavy (non-hydrogen) atoms. The topological polar surface area (TPSA) is 55.8 Å². The number of benzene rings is 9. The maximum absolute atomic E-state index is 14.9. The van der Waals surface area contributed by atoms with Crippen molar-refractivity contribution >= 4 is 34.9 Å². The van der Waals surface area contributed by atoms with Crippen molar-refractivity contribution in [3.63, 3.8) is 0 Å². The van der Waals surface area contributed by atoms with Gasteiger partial charge in [-0.1, -0.05) is 54.6 Å². The molecule has 9 aromatic carbocycles. The van der Waals surface area contributed by atoms with Crippen LogP contribution < -0.4 is 9.05 Å². The molecule has 0 saturated heterocycles. The van der Waals surface area contributed by atoms with Crippen LogP contribution in [0.25, 0.3) is 93.9 Å². The first-order chi connectivity index (χ1) is 42.8. The number of phosphoric ester groups is 1. The summed E-state index contributed by atoms with van der Waals surface area (Å²) >= 11 is 0. The van der Waals surface area contributed by atoms with Crippen molar-refractivity contribution in [2.45, 2.75) is 55.8 Å². The molecule has 0 bridgehead atoms. The van der Waals surface area contributed by atoms with Crippen LogP contribution in [-0.4, -0.2) is 17.2 Å². The smallest absolute Gasteiger partial charge is 0.394 e. The summed E-state index contributed by atoms with van der Waals surface area (Å²) in [6.07, 6.45) is -45.4. The standard InChI is InChI=1S/C64H31F24O4P/c65-57(66,67)41-15-35(16-42(25-41)58(68,69)70)31-9-32(36-17-43(59(71,72)73)26-44(18-36)60(74,75)76)12-39(11-31)51-23-29-5-1-3-7-49(29)53-54-50-8-4-2-6-30(50)24-52(56(54)92-93(89,90)91-55(51)53)40-13-33(37-19-45(61(77,78)79)27-46(20-37)62(80,81)82)10-34(14-40)38-21-47(63(83,84)85)28-48(22-38)64(86,87)88/h1-21,23-28,48H,22H2,(H,89,90). The van der Waals surface area contributed by atoms with E-state index in [2.05, 4.69) is 0 Å². The molecule has 0 spiro atoms. The SMILES string of the molecule is O=P1(O)Oc2c(-c3cc(C4=CC(C(F)(F)F)=CC(C(F)(F)F)C4)cc(-c4cc(C(F)(F)F)cc(C(F)(F)F)c4)c3)cc3ccccc3c2-c2c(c(-c3cc(-c4cc(C(F)(F)F)cc(C(F)(F)F)c4)cc(-c4cc(C(F)(F)F)cc(C(F)(F)F)c4)c3)cc3ccccc23)O1. The fourth-order valence-corrected chi connectivity index (χ4v) is 11.9. The number of phosphoric acid groups is 1. The zero-order chi connectivity index (χ0) is 67.9. The van der Waals surface area contributed by atoms with Gasteiger partial charge in [0.2, 0.25) is 0 Å². The van der Waals surface area contributed by atoms with E-state index in [0.717, 1.165) is 36.4 Å². The van der Waals surface area contributed by atoms with Gasteiger partial charge in [-0.3, -0.25) is 4.89 Å². The van der Waals surface area contributed by atoms with Crippen LogP contribution >= 0.6 is 7.82 Å². The second kappa shape index (κ2) is 22.1. The monoisotopic (exact) mass is 1350 g/mol. The van der Waals surface area contributed by atoms with Crippen LogP contribution in [0.1, 0.15) is 45.4 Å². The van der Waals surface area contributed by atoms with Gasteiger partial charge in [-0.2, -0.15) is 105 Å². The van der Waals surface area contributed by atoms with E-state index in [4.69, 9.17) is 9.05 Å². The molecule has 0 saturated carbocycles. The summed E-state index contributed by atoms with van der Waals surface area (Å²) < 4.78 is 374. The molecule has 1 aliphatic heterocycles. The highest BCUT2D eigenvalue weighted by Gasteiger charge is 2.46. The predicted octanol–water partition coefficient (Wildman–Crippen LogP) is 23.4. The van der Waals surface area contributed by atoms with Crippen LogP contribution in [0, 0.1) is 5.92 Å². The fraction of sp³-hybridized carbons (Fsp3) is 0.156. The zero-order valence-electron chi connectivity index (χ0n) is 45.6. The number of alkyl halides is 24. The summed E-state index contributed by atoms with van der Waals surface area (Å²) in [4.78, 5) is 12.0. The van der Waals surface area contributed by atoms with Gasteiger partial charge in [0.15, 0.2) is 0 Å². The maximum Gasteiger partial charge on any atom is 0.584 e. The van der Waals surface area contributed by atoms with Crippen LogP contribution in [0.2, 0.25) is 0 Å². The Balaban J connectivity index is 1.26. The molecule has 4 nitrogen and oxygen atoms in total. The Hall–Kier alpha value is -8.91. The summed E-state index contributed by atoms with van der Waals surface area (Å²) in [5.74, 6) is -4.60. The highest BCUT2D eigenvalue weighted by atomic mass is 31.2. The van der Waals surface area contributed by atoms with Gasteiger partial charge in [0.1, 0.15) is 11.5 Å². The fourth-order valence-electron chi connectivity index (χ4n) is 11.0. The Morgan fingerprint density at radius 1 is 0.355 bits per heavy atom. The molecule has 2 aliphatic rings. The van der Waals surface area contributed by atoms with Crippen molar-refractivity contribution in [1.82, 2.24) is 0 Å². The quantitative estimate of drug-likeness (QED) is 0.133. The minimum Gasteiger partial charge on any atom is -0.394 e. The van der Waals surface area contributed by atoms with E-state index in [1.165, 1.54) is 48.5 Å². The molecular formula is C64H31F24O4P. The number of halogens is 24. The molecule has 1 heterocycles. The predicted molar refractivity (Wildman–Crippen MR) is 291 cm³/mol. The molecule has 0 radical (unpaired) electrons. The van der Waals surface area contributed by atoms with E-state index in [0.29, 0.717) is 12.1 Å². The highest BCUT2D eigenvalue weighted by Crippen LogP contribution is 2.62. The average molecular weight is 1350 g/mol. The van der Waals surface area contributed by atoms with Crippen LogP contribution in [0.5, 0.6) is 11.5 Å². The first-order valence-corrected chi connectivity index (χ1v) is 27.9. The number of hydrogen-bond donors (Lipinski definition) is 1. The van der Waals surface area contributed by atoms with Gasteiger partial charge in [-0.05, 0) is 193 Å². The van der Waals surface area contributed by atoms with E-state index in [1.54, 1.807) is 0 Å². The van der Waals surface area contributed by atoms with Crippen molar-refractivity contribution in [3.05, 3.63) is 208 Å². The Morgan fingerprint density at radius 2 is 0.645 bits per heavy atom. The van der Waals surface area contributed by atoms with Crippen LogP contribution in [0.4, 0.5) is 105 Å². The van der Waals surface area contributed by atoms with Crippen LogP contribution in [-0.2, 0) is 41.6 Å². The molecule has 2 unspecified atom stereocenters. The summed E-state index contributed by atoms with van der Waals surface area (Å²) in [6, 6.07) is 17.9. The maximum atomic E-state index is 14.9. The molecule has 0 fully saturated rings. The van der Waals surface area contributed by atoms with Gasteiger partial charge in [-0.15, -0.1) is 0 Å². The van der Waals surface area contributed by atoms with E-state index >= 15 is 0 Å². The lowest BCUT2D eigenvalue weighted by Crippen LogP contribution is -2.26. The van der Waals surface area contributed by atoms with Crippen molar-refractivity contribution in [3.8, 4) is 78.3 Å². The normalized spacial score (nSPS) is 16.9. The third-order valence-corrected chi connectivity index (χ3v) is 16.0. The van der Waals surface area contributed by atoms with E-state index in [1.807, 2.05) is 0 Å². The number of hydrogen-bond acceptors (Lipinski definition) is 3. The number of rotatable bonds is 6. The summed E-state index contributed by atoms with van der Waals surface area (Å²) in [5, 5.41) is -0.0812. The van der Waals surface area contributed by atoms with E-state index in [-0.39, 0.29) is 93.9 Å². The molecule has 2 atom stereocenters. The lowest BCUT2D eigenvalue weighted by molar-refractivity contribution is -0.161. The van der Waals surface area contributed by atoms with Crippen molar-refractivity contribution in [2.24, 2.45) is 5.92 Å². The lowest BCUT2D eigenvalue weighted by atomic mass is 9.82. The molecular weight excluding hydrogens is 1320 g/mol. The second-order valence-electron chi connectivity index (χ2n) is 21.5. The second-order valence-corrected chi connectivity index (χ2v) is 22.8. The lowest BCUT2D eigenvalue weighted by Gasteiger charge is -2.26. The van der Waals surface area contributed by atoms with Crippen LogP contribution in [0.15, 0.2) is 169 Å². The van der Waals surface area contributed by atoms with Gasteiger partial charge < -0.3 is 9.05 Å². The summed E-state index contributed by atoms with van der Waals surface area (Å²) in [6.45, 7) is 0. The van der Waals surface area contributed by atoms with Gasteiger partial charge >= 0.3 is 57.2 Å². The molecule has 29 heteroatoms. The van der Waals surface area contributed by atoms with Crippen LogP contribution in [0.3, 0.4) is 0 Å². The minimum absolute atomic E-state index is 0.0000363. The molecule has 0 amide bonds. The Kier molecular flexibility index (Phi) is 15.6. The molecule has 1 aliphatic carbocycles. The van der Waals surface area contributed by atoms with Gasteiger partial charge in [-0.25, -0.2) is 4.57 Å². The summed E-state index contributed by atoms with van der Waals surface area (Å²) in [5.41, 5.74) is -23.4.